The first-order chi connectivity index (χ1) is 12.0. The molecule has 1 atom stereocenters. The van der Waals surface area contributed by atoms with Crippen LogP contribution < -0.4 is 9.64 Å². The third kappa shape index (κ3) is 2.76. The van der Waals surface area contributed by atoms with Gasteiger partial charge in [0, 0.05) is 0 Å². The quantitative estimate of drug-likeness (QED) is 0.926. The standard InChI is InChI=1S/C19H16FNO4/c1-11(22)16-17(12-7-9-13(25-2)10-8-12)21(19(24)18(16)23)15-6-4-3-5-14(15)20/h3-10,17,23H,1-2H3. The monoisotopic (exact) mass is 341 g/mol. The molecule has 0 saturated heterocycles. The van der Waals surface area contributed by atoms with Crippen LogP contribution in [0.2, 0.25) is 0 Å². The van der Waals surface area contributed by atoms with Crippen LogP contribution in [-0.2, 0) is 9.59 Å². The molecule has 0 spiro atoms. The number of anilines is 1. The van der Waals surface area contributed by atoms with E-state index in [1.807, 2.05) is 0 Å². The fourth-order valence-electron chi connectivity index (χ4n) is 2.96. The van der Waals surface area contributed by atoms with Crippen LogP contribution in [0.25, 0.3) is 0 Å². The second-order valence-corrected chi connectivity index (χ2v) is 5.62. The van der Waals surface area contributed by atoms with Crippen LogP contribution in [0, 0.1) is 5.82 Å². The van der Waals surface area contributed by atoms with Gasteiger partial charge in [0.25, 0.3) is 5.91 Å². The van der Waals surface area contributed by atoms with E-state index in [1.165, 1.54) is 32.2 Å². The van der Waals surface area contributed by atoms with Gasteiger partial charge in [0.2, 0.25) is 0 Å². The normalized spacial score (nSPS) is 17.2. The lowest BCUT2D eigenvalue weighted by Gasteiger charge is -2.27. The molecule has 0 radical (unpaired) electrons. The Kier molecular flexibility index (Phi) is 4.27. The highest BCUT2D eigenvalue weighted by molar-refractivity contribution is 6.16. The Morgan fingerprint density at radius 3 is 2.36 bits per heavy atom. The fraction of sp³-hybridized carbons (Fsp3) is 0.158. The van der Waals surface area contributed by atoms with Crippen molar-refractivity contribution < 1.29 is 23.8 Å². The largest absolute Gasteiger partial charge is 0.503 e. The lowest BCUT2D eigenvalue weighted by atomic mass is 9.96. The van der Waals surface area contributed by atoms with E-state index >= 15 is 0 Å². The molecule has 1 unspecified atom stereocenters. The van der Waals surface area contributed by atoms with Crippen molar-refractivity contribution in [3.63, 3.8) is 0 Å². The van der Waals surface area contributed by atoms with Crippen LogP contribution in [0.1, 0.15) is 18.5 Å². The molecule has 1 aliphatic rings. The molecule has 128 valence electrons. The Labute approximate surface area is 144 Å². The van der Waals surface area contributed by atoms with E-state index in [-0.39, 0.29) is 11.3 Å². The molecule has 0 aromatic heterocycles. The maximum absolute atomic E-state index is 14.3. The van der Waals surface area contributed by atoms with Gasteiger partial charge < -0.3 is 9.84 Å². The molecule has 0 bridgehead atoms. The summed E-state index contributed by atoms with van der Waals surface area (Å²) in [7, 11) is 1.52. The number of aliphatic hydroxyl groups excluding tert-OH is 1. The van der Waals surface area contributed by atoms with Crippen LogP contribution in [0.5, 0.6) is 5.75 Å². The smallest absolute Gasteiger partial charge is 0.294 e. The van der Waals surface area contributed by atoms with Crippen molar-refractivity contribution in [2.45, 2.75) is 13.0 Å². The number of hydrogen-bond acceptors (Lipinski definition) is 4. The minimum Gasteiger partial charge on any atom is -0.503 e. The van der Waals surface area contributed by atoms with Crippen molar-refractivity contribution in [1.29, 1.82) is 0 Å². The minimum atomic E-state index is -0.909. The molecule has 2 aromatic carbocycles. The van der Waals surface area contributed by atoms with Crippen LogP contribution in [0.4, 0.5) is 10.1 Å². The molecular weight excluding hydrogens is 325 g/mol. The molecule has 25 heavy (non-hydrogen) atoms. The van der Waals surface area contributed by atoms with Crippen LogP contribution in [0.3, 0.4) is 0 Å². The highest BCUT2D eigenvalue weighted by Gasteiger charge is 2.44. The van der Waals surface area contributed by atoms with Crippen LogP contribution in [-0.4, -0.2) is 23.9 Å². The summed E-state index contributed by atoms with van der Waals surface area (Å²) >= 11 is 0. The molecule has 1 amide bonds. The average Bonchev–Trinajstić information content (AvgIpc) is 2.87. The van der Waals surface area contributed by atoms with Gasteiger partial charge in [-0.15, -0.1) is 0 Å². The zero-order chi connectivity index (χ0) is 18.1. The van der Waals surface area contributed by atoms with Crippen molar-refractivity contribution in [3.8, 4) is 5.75 Å². The van der Waals surface area contributed by atoms with Gasteiger partial charge in [-0.05, 0) is 36.8 Å². The fourth-order valence-corrected chi connectivity index (χ4v) is 2.96. The first-order valence-corrected chi connectivity index (χ1v) is 7.61. The minimum absolute atomic E-state index is 0.00359. The first kappa shape index (κ1) is 16.7. The molecule has 6 heteroatoms. The summed E-state index contributed by atoms with van der Waals surface area (Å²) in [6, 6.07) is 11.5. The van der Waals surface area contributed by atoms with E-state index in [1.54, 1.807) is 30.3 Å². The number of para-hydroxylation sites is 1. The van der Waals surface area contributed by atoms with Crippen molar-refractivity contribution in [1.82, 2.24) is 0 Å². The van der Waals surface area contributed by atoms with E-state index in [9.17, 15) is 19.1 Å². The lowest BCUT2D eigenvalue weighted by molar-refractivity contribution is -0.117. The maximum atomic E-state index is 14.3. The summed E-state index contributed by atoms with van der Waals surface area (Å²) in [4.78, 5) is 25.7. The highest BCUT2D eigenvalue weighted by atomic mass is 19.1. The molecule has 1 aliphatic heterocycles. The van der Waals surface area contributed by atoms with Gasteiger partial charge in [0.15, 0.2) is 11.5 Å². The Hall–Kier alpha value is -3.15. The number of rotatable bonds is 4. The second kappa shape index (κ2) is 6.39. The second-order valence-electron chi connectivity index (χ2n) is 5.62. The first-order valence-electron chi connectivity index (χ1n) is 7.61. The number of methoxy groups -OCH3 is 1. The average molecular weight is 341 g/mol. The number of hydrogen-bond donors (Lipinski definition) is 1. The molecule has 2 aromatic rings. The van der Waals surface area contributed by atoms with Gasteiger partial charge in [-0.3, -0.25) is 14.5 Å². The topological polar surface area (TPSA) is 66.8 Å². The number of benzene rings is 2. The third-order valence-electron chi connectivity index (χ3n) is 4.13. The Balaban J connectivity index is 2.18. The Bertz CT molecular complexity index is 873. The predicted molar refractivity (Wildman–Crippen MR) is 90.0 cm³/mol. The van der Waals surface area contributed by atoms with Gasteiger partial charge in [-0.2, -0.15) is 0 Å². The molecule has 1 N–H and O–H groups in total. The number of aliphatic hydroxyl groups is 1. The molecule has 0 saturated carbocycles. The zero-order valence-corrected chi connectivity index (χ0v) is 13.7. The van der Waals surface area contributed by atoms with Crippen molar-refractivity contribution in [2.24, 2.45) is 0 Å². The van der Waals surface area contributed by atoms with Crippen molar-refractivity contribution in [2.75, 3.05) is 12.0 Å². The number of amides is 1. The van der Waals surface area contributed by atoms with Gasteiger partial charge >= 0.3 is 0 Å². The third-order valence-corrected chi connectivity index (χ3v) is 4.13. The summed E-state index contributed by atoms with van der Waals surface area (Å²) in [5.41, 5.74) is 0.501. The molecule has 3 rings (SSSR count). The van der Waals surface area contributed by atoms with Gasteiger partial charge in [0.1, 0.15) is 11.6 Å². The summed E-state index contributed by atoms with van der Waals surface area (Å²) in [6.07, 6.45) is 0. The number of Topliss-reactive ketones (excluding diaryl/α,β-unsaturated/α-hetero) is 1. The number of ketones is 1. The Morgan fingerprint density at radius 1 is 1.16 bits per heavy atom. The summed E-state index contributed by atoms with van der Waals surface area (Å²) in [6.45, 7) is 1.26. The predicted octanol–water partition coefficient (Wildman–Crippen LogP) is 3.32. The molecule has 0 fully saturated rings. The van der Waals surface area contributed by atoms with Crippen LogP contribution >= 0.6 is 0 Å². The SMILES string of the molecule is COc1ccc(C2C(C(C)=O)=C(O)C(=O)N2c2ccccc2F)cc1. The van der Waals surface area contributed by atoms with E-state index in [4.69, 9.17) is 4.74 Å². The number of nitrogens with zero attached hydrogens (tertiary/aromatic N) is 1. The molecule has 5 nitrogen and oxygen atoms in total. The number of carbonyl (C=O) groups is 2. The number of ether oxygens (including phenoxy) is 1. The van der Waals surface area contributed by atoms with E-state index in [2.05, 4.69) is 0 Å². The Morgan fingerprint density at radius 2 is 1.80 bits per heavy atom. The maximum Gasteiger partial charge on any atom is 0.294 e. The van der Waals surface area contributed by atoms with Crippen LogP contribution in [0.15, 0.2) is 59.9 Å². The molecular formula is C19H16FNO4. The summed E-state index contributed by atoms with van der Waals surface area (Å²) in [5.74, 6) is -1.94. The van der Waals surface area contributed by atoms with Crippen molar-refractivity contribution in [3.05, 3.63) is 71.2 Å². The van der Waals surface area contributed by atoms with Crippen molar-refractivity contribution >= 4 is 17.4 Å². The number of halogens is 1. The molecule has 1 heterocycles. The number of carbonyl (C=O) groups excluding carboxylic acids is 2. The van der Waals surface area contributed by atoms with E-state index in [0.717, 1.165) is 4.90 Å². The molecule has 0 aliphatic carbocycles. The van der Waals surface area contributed by atoms with Gasteiger partial charge in [-0.25, -0.2) is 4.39 Å². The zero-order valence-electron chi connectivity index (χ0n) is 13.7. The lowest BCUT2D eigenvalue weighted by Crippen LogP contribution is -2.31. The van der Waals surface area contributed by atoms with E-state index in [0.29, 0.717) is 11.3 Å². The summed E-state index contributed by atoms with van der Waals surface area (Å²) < 4.78 is 19.4. The van der Waals surface area contributed by atoms with Gasteiger partial charge in [-0.1, -0.05) is 24.3 Å². The van der Waals surface area contributed by atoms with E-state index < -0.39 is 29.3 Å². The van der Waals surface area contributed by atoms with Gasteiger partial charge in [0.05, 0.1) is 24.4 Å². The highest BCUT2D eigenvalue weighted by Crippen LogP contribution is 2.41. The summed E-state index contributed by atoms with van der Waals surface area (Å²) in [5, 5.41) is 10.2.